The van der Waals surface area contributed by atoms with Gasteiger partial charge in [-0.05, 0) is 38.6 Å². The number of hydrogen-bond acceptors (Lipinski definition) is 3. The van der Waals surface area contributed by atoms with Gasteiger partial charge in [-0.3, -0.25) is 0 Å². The molecule has 0 unspecified atom stereocenters. The molecule has 1 saturated carbocycles. The van der Waals surface area contributed by atoms with Crippen LogP contribution in [0.4, 0.5) is 0 Å². The Morgan fingerprint density at radius 2 is 1.75 bits per heavy atom. The van der Waals surface area contributed by atoms with Crippen LogP contribution in [0.3, 0.4) is 0 Å². The number of hydrogen-bond donors (Lipinski definition) is 0. The number of rotatable bonds is 6. The molecule has 0 aromatic rings. The normalized spacial score (nSPS) is 23.6. The van der Waals surface area contributed by atoms with Crippen LogP contribution in [0.25, 0.3) is 0 Å². The topological polar surface area (TPSA) is 23.6 Å². The predicted molar refractivity (Wildman–Crippen MR) is 65.5 cm³/mol. The van der Waals surface area contributed by atoms with Crippen molar-refractivity contribution in [3.63, 3.8) is 0 Å². The number of nitrogens with zero attached hydrogens (tertiary/aromatic N) is 2. The second kappa shape index (κ2) is 5.78. The van der Waals surface area contributed by atoms with Gasteiger partial charge in [0.2, 0.25) is 0 Å². The van der Waals surface area contributed by atoms with Crippen LogP contribution in [-0.2, 0) is 4.79 Å². The quantitative estimate of drug-likeness (QED) is 0.681. The molecule has 3 heteroatoms. The summed E-state index contributed by atoms with van der Waals surface area (Å²) in [6.07, 6.45) is 4.71. The first-order valence-electron chi connectivity index (χ1n) is 6.68. The second-order valence-corrected chi connectivity index (χ2v) is 5.39. The fourth-order valence-corrected chi connectivity index (χ4v) is 2.41. The number of Topliss-reactive ketones (excluding diaryl/α,β-unsaturated/α-hetero) is 1. The lowest BCUT2D eigenvalue weighted by molar-refractivity contribution is -0.117. The van der Waals surface area contributed by atoms with E-state index in [4.69, 9.17) is 0 Å². The maximum absolute atomic E-state index is 10.8. The van der Waals surface area contributed by atoms with Gasteiger partial charge < -0.3 is 14.6 Å². The van der Waals surface area contributed by atoms with E-state index in [1.165, 1.54) is 45.6 Å². The van der Waals surface area contributed by atoms with Gasteiger partial charge in [-0.15, -0.1) is 0 Å². The van der Waals surface area contributed by atoms with E-state index in [1.807, 2.05) is 0 Å². The third-order valence-corrected chi connectivity index (χ3v) is 3.68. The minimum Gasteiger partial charge on any atom is -0.301 e. The van der Waals surface area contributed by atoms with Crippen molar-refractivity contribution in [2.75, 3.05) is 39.3 Å². The van der Waals surface area contributed by atoms with Crippen LogP contribution in [0.15, 0.2) is 0 Å². The number of ketones is 1. The SMILES string of the molecule is CC(=O)CCCN1CCN(CC2CC2)CC1. The fraction of sp³-hybridized carbons (Fsp3) is 0.923. The van der Waals surface area contributed by atoms with Gasteiger partial charge in [0.1, 0.15) is 5.78 Å². The number of carbonyl (C=O) groups is 1. The van der Waals surface area contributed by atoms with Crippen LogP contribution in [0.1, 0.15) is 32.6 Å². The monoisotopic (exact) mass is 224 g/mol. The van der Waals surface area contributed by atoms with Gasteiger partial charge in [-0.25, -0.2) is 0 Å². The highest BCUT2D eigenvalue weighted by Gasteiger charge is 2.26. The molecule has 16 heavy (non-hydrogen) atoms. The maximum Gasteiger partial charge on any atom is 0.129 e. The Morgan fingerprint density at radius 1 is 1.12 bits per heavy atom. The molecule has 0 atom stereocenters. The highest BCUT2D eigenvalue weighted by Crippen LogP contribution is 2.29. The molecule has 2 fully saturated rings. The molecule has 0 amide bonds. The Balaban J connectivity index is 1.55. The molecule has 0 N–H and O–H groups in total. The molecule has 1 heterocycles. The van der Waals surface area contributed by atoms with Gasteiger partial charge >= 0.3 is 0 Å². The summed E-state index contributed by atoms with van der Waals surface area (Å²) < 4.78 is 0. The summed E-state index contributed by atoms with van der Waals surface area (Å²) in [5, 5.41) is 0. The molecule has 1 saturated heterocycles. The summed E-state index contributed by atoms with van der Waals surface area (Å²) in [6.45, 7) is 8.99. The van der Waals surface area contributed by atoms with E-state index in [0.717, 1.165) is 25.3 Å². The molecule has 2 rings (SSSR count). The zero-order chi connectivity index (χ0) is 11.4. The van der Waals surface area contributed by atoms with E-state index in [1.54, 1.807) is 6.92 Å². The van der Waals surface area contributed by atoms with Gasteiger partial charge in [-0.1, -0.05) is 0 Å². The summed E-state index contributed by atoms with van der Waals surface area (Å²) in [5.41, 5.74) is 0. The van der Waals surface area contributed by atoms with E-state index >= 15 is 0 Å². The third-order valence-electron chi connectivity index (χ3n) is 3.68. The summed E-state index contributed by atoms with van der Waals surface area (Å²) in [5.74, 6) is 1.34. The molecule has 0 aromatic carbocycles. The lowest BCUT2D eigenvalue weighted by atomic mass is 10.2. The van der Waals surface area contributed by atoms with Crippen molar-refractivity contribution < 1.29 is 4.79 Å². The van der Waals surface area contributed by atoms with Crippen LogP contribution in [-0.4, -0.2) is 54.9 Å². The smallest absolute Gasteiger partial charge is 0.129 e. The average molecular weight is 224 g/mol. The van der Waals surface area contributed by atoms with Crippen molar-refractivity contribution in [1.29, 1.82) is 0 Å². The molecule has 0 bridgehead atoms. The van der Waals surface area contributed by atoms with Gasteiger partial charge in [-0.2, -0.15) is 0 Å². The van der Waals surface area contributed by atoms with E-state index in [2.05, 4.69) is 9.80 Å². The van der Waals surface area contributed by atoms with Crippen molar-refractivity contribution in [3.05, 3.63) is 0 Å². The first-order valence-corrected chi connectivity index (χ1v) is 6.68. The average Bonchev–Trinajstić information content (AvgIpc) is 3.04. The molecule has 1 aliphatic carbocycles. The Morgan fingerprint density at radius 3 is 2.31 bits per heavy atom. The fourth-order valence-electron chi connectivity index (χ4n) is 2.41. The lowest BCUT2D eigenvalue weighted by Gasteiger charge is -2.34. The third kappa shape index (κ3) is 4.22. The molecular weight excluding hydrogens is 200 g/mol. The first-order chi connectivity index (χ1) is 7.74. The standard InChI is InChI=1S/C13H24N2O/c1-12(16)3-2-6-14-7-9-15(10-8-14)11-13-4-5-13/h13H,2-11H2,1H3. The zero-order valence-electron chi connectivity index (χ0n) is 10.5. The molecule has 0 aromatic heterocycles. The summed E-state index contributed by atoms with van der Waals surface area (Å²) in [7, 11) is 0. The van der Waals surface area contributed by atoms with E-state index in [9.17, 15) is 4.79 Å². The molecule has 92 valence electrons. The molecule has 0 radical (unpaired) electrons. The summed E-state index contributed by atoms with van der Waals surface area (Å²) >= 11 is 0. The lowest BCUT2D eigenvalue weighted by Crippen LogP contribution is -2.47. The highest BCUT2D eigenvalue weighted by atomic mass is 16.1. The molecule has 3 nitrogen and oxygen atoms in total. The van der Waals surface area contributed by atoms with Crippen molar-refractivity contribution in [1.82, 2.24) is 9.80 Å². The van der Waals surface area contributed by atoms with Gasteiger partial charge in [0.15, 0.2) is 0 Å². The Bertz CT molecular complexity index is 230. The molecule has 0 spiro atoms. The maximum atomic E-state index is 10.8. The van der Waals surface area contributed by atoms with Gasteiger partial charge in [0.25, 0.3) is 0 Å². The van der Waals surface area contributed by atoms with Gasteiger partial charge in [0, 0.05) is 39.1 Å². The summed E-state index contributed by atoms with van der Waals surface area (Å²) in [4.78, 5) is 16.0. The van der Waals surface area contributed by atoms with Crippen LogP contribution >= 0.6 is 0 Å². The van der Waals surface area contributed by atoms with E-state index < -0.39 is 0 Å². The minimum atomic E-state index is 0.326. The molecular formula is C13H24N2O. The zero-order valence-corrected chi connectivity index (χ0v) is 10.5. The van der Waals surface area contributed by atoms with Crippen molar-refractivity contribution in [2.24, 2.45) is 5.92 Å². The Hall–Kier alpha value is -0.410. The Kier molecular flexibility index (Phi) is 4.36. The van der Waals surface area contributed by atoms with Crippen LogP contribution in [0.2, 0.25) is 0 Å². The van der Waals surface area contributed by atoms with Crippen molar-refractivity contribution in [3.8, 4) is 0 Å². The van der Waals surface area contributed by atoms with Crippen molar-refractivity contribution >= 4 is 5.78 Å². The molecule has 1 aliphatic heterocycles. The number of piperazine rings is 1. The number of carbonyl (C=O) groups excluding carboxylic acids is 1. The molecule has 2 aliphatic rings. The second-order valence-electron chi connectivity index (χ2n) is 5.39. The summed E-state index contributed by atoms with van der Waals surface area (Å²) in [6, 6.07) is 0. The first kappa shape index (κ1) is 12.1. The van der Waals surface area contributed by atoms with E-state index in [-0.39, 0.29) is 0 Å². The highest BCUT2D eigenvalue weighted by molar-refractivity contribution is 5.75. The van der Waals surface area contributed by atoms with Crippen LogP contribution < -0.4 is 0 Å². The van der Waals surface area contributed by atoms with E-state index in [0.29, 0.717) is 5.78 Å². The minimum absolute atomic E-state index is 0.326. The van der Waals surface area contributed by atoms with Gasteiger partial charge in [0.05, 0.1) is 0 Å². The van der Waals surface area contributed by atoms with Crippen LogP contribution in [0.5, 0.6) is 0 Å². The predicted octanol–water partition coefficient (Wildman–Crippen LogP) is 1.38. The Labute approximate surface area is 98.8 Å². The van der Waals surface area contributed by atoms with Crippen molar-refractivity contribution in [2.45, 2.75) is 32.6 Å². The largest absolute Gasteiger partial charge is 0.301 e. The van der Waals surface area contributed by atoms with Crippen LogP contribution in [0, 0.1) is 5.92 Å².